The molecule has 0 amide bonds. The van der Waals surface area contributed by atoms with Crippen LogP contribution < -0.4 is 11.2 Å². The second-order valence-electron chi connectivity index (χ2n) is 7.70. The number of likely N-dealkylation sites (tertiary alicyclic amines) is 1. The van der Waals surface area contributed by atoms with E-state index in [1.165, 1.54) is 0 Å². The Kier molecular flexibility index (Phi) is 4.39. The summed E-state index contributed by atoms with van der Waals surface area (Å²) in [5.41, 5.74) is 2.72. The van der Waals surface area contributed by atoms with Gasteiger partial charge >= 0.3 is 5.69 Å². The number of nitrogens with zero attached hydrogens (tertiary/aromatic N) is 7. The zero-order valence-electron chi connectivity index (χ0n) is 16.7. The smallest absolute Gasteiger partial charge is 0.321 e. The number of benzene rings is 1. The third kappa shape index (κ3) is 3.07. The zero-order valence-corrected chi connectivity index (χ0v) is 16.7. The predicted octanol–water partition coefficient (Wildman–Crippen LogP) is 0.552. The summed E-state index contributed by atoms with van der Waals surface area (Å²) in [5.74, 6) is 0.986. The van der Waals surface area contributed by atoms with E-state index in [9.17, 15) is 9.59 Å². The summed E-state index contributed by atoms with van der Waals surface area (Å²) < 4.78 is 1.92. The van der Waals surface area contributed by atoms with Crippen LogP contribution in [0.1, 0.15) is 35.8 Å². The van der Waals surface area contributed by atoms with Crippen LogP contribution in [0.5, 0.6) is 0 Å². The normalized spacial score (nSPS) is 17.3. The molecule has 1 aromatic carbocycles. The van der Waals surface area contributed by atoms with Gasteiger partial charge in [0.1, 0.15) is 0 Å². The maximum atomic E-state index is 12.4. The molecule has 0 spiro atoms. The summed E-state index contributed by atoms with van der Waals surface area (Å²) in [6.45, 7) is 6.18. The molecule has 3 aliphatic rings. The number of aromatic amines is 2. The maximum Gasteiger partial charge on any atom is 0.349 e. The third-order valence-electron chi connectivity index (χ3n) is 5.86. The van der Waals surface area contributed by atoms with Crippen molar-refractivity contribution in [2.75, 3.05) is 13.1 Å². The first kappa shape index (κ1) is 18.6. The van der Waals surface area contributed by atoms with Crippen molar-refractivity contribution < 1.29 is 0 Å². The van der Waals surface area contributed by atoms with Gasteiger partial charge in [-0.3, -0.25) is 14.7 Å². The summed E-state index contributed by atoms with van der Waals surface area (Å²) >= 11 is 0. The zero-order chi connectivity index (χ0) is 20.8. The number of aromatic nitrogens is 8. The molecule has 30 heavy (non-hydrogen) atoms. The number of tetrazole rings is 1. The highest BCUT2D eigenvalue weighted by Gasteiger charge is 2.29. The van der Waals surface area contributed by atoms with Crippen LogP contribution in [-0.2, 0) is 6.54 Å². The van der Waals surface area contributed by atoms with Crippen LogP contribution in [-0.4, -0.2) is 58.1 Å². The van der Waals surface area contributed by atoms with E-state index < -0.39 is 11.2 Å². The summed E-state index contributed by atoms with van der Waals surface area (Å²) in [6, 6.07) is 4.09. The fraction of sp³-hybridized carbons (Fsp3) is 0.421. The van der Waals surface area contributed by atoms with Gasteiger partial charge in [-0.1, -0.05) is 5.21 Å². The van der Waals surface area contributed by atoms with E-state index >= 15 is 0 Å². The standard InChI is InChI=1S/C19H21N9O2/c1-10-8-12-14(9-11(10)2)28(17-15(20-12)18(29)22-19(30)21-17)7-6-27-5-3-4-13(27)16-23-25-26-24-16/h8-9,13H,3-7H2,1-2H3,(H,22,29,30)(H,23,24,25,26). The molecule has 1 aromatic heterocycles. The number of rotatable bonds is 4. The van der Waals surface area contributed by atoms with Crippen molar-refractivity contribution in [2.24, 2.45) is 0 Å². The fourth-order valence-corrected chi connectivity index (χ4v) is 4.20. The quantitative estimate of drug-likeness (QED) is 0.468. The van der Waals surface area contributed by atoms with Crippen LogP contribution in [0.2, 0.25) is 0 Å². The Labute approximate surface area is 170 Å². The predicted molar refractivity (Wildman–Crippen MR) is 108 cm³/mol. The van der Waals surface area contributed by atoms with Crippen LogP contribution in [0.15, 0.2) is 21.7 Å². The van der Waals surface area contributed by atoms with Crippen LogP contribution in [0.3, 0.4) is 0 Å². The molecule has 1 atom stereocenters. The molecule has 2 N–H and O–H groups in total. The molecule has 0 aliphatic carbocycles. The van der Waals surface area contributed by atoms with Gasteiger partial charge in [0.25, 0.3) is 5.56 Å². The van der Waals surface area contributed by atoms with Gasteiger partial charge in [-0.25, -0.2) is 9.78 Å². The van der Waals surface area contributed by atoms with Gasteiger partial charge in [-0.05, 0) is 56.5 Å². The topological polar surface area (TPSA) is 138 Å². The maximum absolute atomic E-state index is 12.4. The van der Waals surface area contributed by atoms with E-state index in [4.69, 9.17) is 0 Å². The average molecular weight is 407 g/mol. The Morgan fingerprint density at radius 3 is 2.77 bits per heavy atom. The molecular formula is C19H21N9O2. The Morgan fingerprint density at radius 1 is 1.13 bits per heavy atom. The number of H-pyrrole nitrogens is 2. The van der Waals surface area contributed by atoms with Crippen molar-refractivity contribution in [3.63, 3.8) is 0 Å². The highest BCUT2D eigenvalue weighted by molar-refractivity contribution is 5.81. The number of nitrogens with one attached hydrogen (secondary N) is 2. The molecule has 1 fully saturated rings. The van der Waals surface area contributed by atoms with Gasteiger partial charge in [0.15, 0.2) is 17.3 Å². The van der Waals surface area contributed by atoms with E-state index in [1.807, 2.05) is 30.5 Å². The van der Waals surface area contributed by atoms with E-state index in [0.29, 0.717) is 30.3 Å². The molecule has 0 bridgehead atoms. The number of aryl methyl sites for hydroxylation is 2. The second-order valence-corrected chi connectivity index (χ2v) is 7.70. The third-order valence-corrected chi connectivity index (χ3v) is 5.86. The van der Waals surface area contributed by atoms with Gasteiger partial charge in [0.2, 0.25) is 0 Å². The molecule has 5 rings (SSSR count). The molecule has 11 nitrogen and oxygen atoms in total. The molecule has 2 aromatic rings. The van der Waals surface area contributed by atoms with Gasteiger partial charge in [-0.15, -0.1) is 10.2 Å². The first-order valence-corrected chi connectivity index (χ1v) is 9.90. The average Bonchev–Trinajstić information content (AvgIpc) is 3.38. The van der Waals surface area contributed by atoms with E-state index in [1.54, 1.807) is 0 Å². The second kappa shape index (κ2) is 7.10. The van der Waals surface area contributed by atoms with Gasteiger partial charge < -0.3 is 4.57 Å². The highest BCUT2D eigenvalue weighted by Crippen LogP contribution is 2.30. The van der Waals surface area contributed by atoms with Crippen LogP contribution >= 0.6 is 0 Å². The van der Waals surface area contributed by atoms with Crippen LogP contribution in [0.25, 0.3) is 22.6 Å². The molecule has 0 saturated carbocycles. The lowest BCUT2D eigenvalue weighted by Crippen LogP contribution is -2.32. The minimum Gasteiger partial charge on any atom is -0.321 e. The lowest BCUT2D eigenvalue weighted by molar-refractivity contribution is 0.239. The number of hydrogen-bond acceptors (Lipinski definition) is 8. The van der Waals surface area contributed by atoms with E-state index in [2.05, 4.69) is 40.5 Å². The Hall–Kier alpha value is -3.47. The summed E-state index contributed by atoms with van der Waals surface area (Å²) in [6.07, 6.45) is 2.01. The van der Waals surface area contributed by atoms with Crippen molar-refractivity contribution in [2.45, 2.75) is 39.3 Å². The Balaban J connectivity index is 1.60. The van der Waals surface area contributed by atoms with Crippen molar-refractivity contribution in [1.29, 1.82) is 0 Å². The van der Waals surface area contributed by atoms with E-state index in [0.717, 1.165) is 36.0 Å². The number of fused-ring (bicyclic) bond motifs is 2. The van der Waals surface area contributed by atoms with Crippen molar-refractivity contribution in [3.05, 3.63) is 49.9 Å². The van der Waals surface area contributed by atoms with Crippen molar-refractivity contribution >= 4 is 11.0 Å². The SMILES string of the molecule is Cc1cc2nc3c(=O)[nH]c(=O)nc-3n(CCN3CCCC3c3nn[nH]n3)c2cc1C. The molecule has 3 aliphatic heterocycles. The van der Waals surface area contributed by atoms with E-state index in [-0.39, 0.29) is 11.7 Å². The van der Waals surface area contributed by atoms with Crippen LogP contribution in [0, 0.1) is 13.8 Å². The molecule has 0 radical (unpaired) electrons. The van der Waals surface area contributed by atoms with Gasteiger partial charge in [-0.2, -0.15) is 10.2 Å². The fourth-order valence-electron chi connectivity index (χ4n) is 4.20. The molecule has 1 saturated heterocycles. The van der Waals surface area contributed by atoms with Gasteiger partial charge in [0.05, 0.1) is 17.1 Å². The summed E-state index contributed by atoms with van der Waals surface area (Å²) in [5, 5.41) is 14.5. The van der Waals surface area contributed by atoms with Crippen molar-refractivity contribution in [3.8, 4) is 11.5 Å². The summed E-state index contributed by atoms with van der Waals surface area (Å²) in [4.78, 5) is 37.4. The lowest BCUT2D eigenvalue weighted by atomic mass is 10.1. The Morgan fingerprint density at radius 2 is 1.97 bits per heavy atom. The van der Waals surface area contributed by atoms with Gasteiger partial charge in [0, 0.05) is 13.1 Å². The molecule has 1 unspecified atom stereocenters. The monoisotopic (exact) mass is 407 g/mol. The number of hydrogen-bond donors (Lipinski definition) is 2. The molecule has 4 heterocycles. The highest BCUT2D eigenvalue weighted by atomic mass is 16.2. The lowest BCUT2D eigenvalue weighted by Gasteiger charge is -2.24. The van der Waals surface area contributed by atoms with Crippen molar-refractivity contribution in [1.82, 2.24) is 45.0 Å². The molecule has 11 heteroatoms. The summed E-state index contributed by atoms with van der Waals surface area (Å²) in [7, 11) is 0. The Bertz CT molecular complexity index is 1310. The largest absolute Gasteiger partial charge is 0.349 e. The first-order chi connectivity index (χ1) is 14.5. The molecular weight excluding hydrogens is 386 g/mol. The van der Waals surface area contributed by atoms with Crippen LogP contribution in [0.4, 0.5) is 0 Å². The first-order valence-electron chi connectivity index (χ1n) is 9.90. The minimum absolute atomic E-state index is 0.0964. The minimum atomic E-state index is -0.669. The molecule has 154 valence electrons.